The Labute approximate surface area is 216 Å². The molecule has 0 unspecified atom stereocenters. The summed E-state index contributed by atoms with van der Waals surface area (Å²) in [5, 5.41) is 4.99. The van der Waals surface area contributed by atoms with Gasteiger partial charge in [0, 0.05) is 32.9 Å². The molecule has 0 amide bonds. The van der Waals surface area contributed by atoms with Crippen molar-refractivity contribution in [3.05, 3.63) is 134 Å². The number of aromatic nitrogens is 2. The van der Waals surface area contributed by atoms with E-state index >= 15 is 0 Å². The van der Waals surface area contributed by atoms with Gasteiger partial charge in [0.25, 0.3) is 0 Å². The van der Waals surface area contributed by atoms with Gasteiger partial charge in [-0.05, 0) is 60.5 Å². The first-order valence-corrected chi connectivity index (χ1v) is 12.7. The van der Waals surface area contributed by atoms with Gasteiger partial charge in [-0.25, -0.2) is 0 Å². The minimum absolute atomic E-state index is 1.09. The fourth-order valence-electron chi connectivity index (χ4n) is 5.76. The third-order valence-electron chi connectivity index (χ3n) is 7.46. The Morgan fingerprint density at radius 3 is 1.84 bits per heavy atom. The number of rotatable bonds is 4. The quantitative estimate of drug-likeness (QED) is 0.225. The van der Waals surface area contributed by atoms with Crippen molar-refractivity contribution in [2.45, 2.75) is 6.92 Å². The van der Waals surface area contributed by atoms with Gasteiger partial charge in [0.05, 0.1) is 22.1 Å². The molecule has 0 spiro atoms. The first-order chi connectivity index (χ1) is 18.3. The van der Waals surface area contributed by atoms with Gasteiger partial charge in [0.2, 0.25) is 0 Å². The Morgan fingerprint density at radius 2 is 1.14 bits per heavy atom. The fraction of sp³-hybridized carbons (Fsp3) is 0.0286. The molecule has 0 N–H and O–H groups in total. The lowest BCUT2D eigenvalue weighted by Gasteiger charge is -2.10. The maximum Gasteiger partial charge on any atom is 0.0548 e. The van der Waals surface area contributed by atoms with Crippen LogP contribution in [-0.2, 0) is 0 Å². The zero-order valence-corrected chi connectivity index (χ0v) is 20.7. The molecule has 7 aromatic rings. The highest BCUT2D eigenvalue weighted by atomic mass is 15.0. The van der Waals surface area contributed by atoms with Gasteiger partial charge in [-0.3, -0.25) is 0 Å². The van der Waals surface area contributed by atoms with Crippen LogP contribution in [-0.4, -0.2) is 9.13 Å². The van der Waals surface area contributed by atoms with Crippen molar-refractivity contribution in [2.75, 3.05) is 0 Å². The first kappa shape index (κ1) is 21.5. The summed E-state index contributed by atoms with van der Waals surface area (Å²) in [4.78, 5) is 0. The zero-order chi connectivity index (χ0) is 24.9. The monoisotopic (exact) mass is 474 g/mol. The van der Waals surface area contributed by atoms with Crippen molar-refractivity contribution in [1.29, 1.82) is 0 Å². The Kier molecular flexibility index (Phi) is 4.87. The Balaban J connectivity index is 1.56. The molecular weight excluding hydrogens is 448 g/mol. The van der Waals surface area contributed by atoms with Crippen molar-refractivity contribution >= 4 is 49.3 Å². The molecule has 2 heterocycles. The number of nitrogens with zero attached hydrogens (tertiary/aromatic N) is 2. The lowest BCUT2D eigenvalue weighted by molar-refractivity contribution is 1.18. The lowest BCUT2D eigenvalue weighted by Crippen LogP contribution is -1.95. The van der Waals surface area contributed by atoms with E-state index in [1.165, 1.54) is 54.7 Å². The van der Waals surface area contributed by atoms with E-state index in [0.29, 0.717) is 0 Å². The van der Waals surface area contributed by atoms with Gasteiger partial charge in [-0.2, -0.15) is 0 Å². The van der Waals surface area contributed by atoms with Crippen LogP contribution in [0.1, 0.15) is 6.92 Å². The van der Waals surface area contributed by atoms with Crippen LogP contribution in [0.2, 0.25) is 0 Å². The van der Waals surface area contributed by atoms with E-state index in [1.54, 1.807) is 0 Å². The molecule has 0 radical (unpaired) electrons. The van der Waals surface area contributed by atoms with E-state index in [1.807, 2.05) is 6.08 Å². The normalized spacial score (nSPS) is 12.2. The summed E-state index contributed by atoms with van der Waals surface area (Å²) in [7, 11) is 0. The standard InChI is InChI=1S/C35H26N2/c1-3-26(4-2)36-32-16-10-8-14-28(32)30-23-35-31(22-34(30)36)29-15-9-11-17-33(29)37(35)27-20-18-25(19-21-27)24-12-6-5-7-13-24/h3-23H,1H2,2H3/b26-4+. The highest BCUT2D eigenvalue weighted by molar-refractivity contribution is 6.19. The average molecular weight is 475 g/mol. The molecule has 0 fully saturated rings. The third kappa shape index (κ3) is 3.19. The molecular formula is C35H26N2. The van der Waals surface area contributed by atoms with Crippen LogP contribution in [0.3, 0.4) is 0 Å². The highest BCUT2D eigenvalue weighted by Crippen LogP contribution is 2.39. The van der Waals surface area contributed by atoms with Crippen molar-refractivity contribution in [1.82, 2.24) is 9.13 Å². The minimum atomic E-state index is 1.09. The Morgan fingerprint density at radius 1 is 0.568 bits per heavy atom. The SMILES string of the molecule is C=C/C(=C\C)n1c2ccccc2c2cc3c(cc21)c1ccccc1n3-c1ccc(-c2ccccc2)cc1. The molecule has 0 aliphatic rings. The largest absolute Gasteiger partial charge is 0.310 e. The fourth-order valence-corrected chi connectivity index (χ4v) is 5.76. The average Bonchev–Trinajstić information content (AvgIpc) is 3.46. The number of hydrogen-bond acceptors (Lipinski definition) is 0. The van der Waals surface area contributed by atoms with E-state index < -0.39 is 0 Å². The van der Waals surface area contributed by atoms with Gasteiger partial charge >= 0.3 is 0 Å². The highest BCUT2D eigenvalue weighted by Gasteiger charge is 2.18. The second-order valence-corrected chi connectivity index (χ2v) is 9.42. The van der Waals surface area contributed by atoms with Crippen LogP contribution in [0, 0.1) is 0 Å². The van der Waals surface area contributed by atoms with Crippen LogP contribution in [0.15, 0.2) is 134 Å². The molecule has 0 saturated carbocycles. The molecule has 0 aliphatic heterocycles. The summed E-state index contributed by atoms with van der Waals surface area (Å²) in [5.41, 5.74) is 9.52. The number of hydrogen-bond donors (Lipinski definition) is 0. The van der Waals surface area contributed by atoms with Gasteiger partial charge in [-0.1, -0.05) is 91.5 Å². The van der Waals surface area contributed by atoms with Crippen molar-refractivity contribution in [2.24, 2.45) is 0 Å². The molecule has 2 aromatic heterocycles. The smallest absolute Gasteiger partial charge is 0.0548 e. The summed E-state index contributed by atoms with van der Waals surface area (Å²) >= 11 is 0. The van der Waals surface area contributed by atoms with E-state index in [9.17, 15) is 0 Å². The summed E-state index contributed by atoms with van der Waals surface area (Å²) in [6, 6.07) is 41.5. The molecule has 2 heteroatoms. The Bertz CT molecular complexity index is 1980. The number of fused-ring (bicyclic) bond motifs is 6. The summed E-state index contributed by atoms with van der Waals surface area (Å²) in [6.45, 7) is 6.16. The number of allylic oxidation sites excluding steroid dienone is 3. The first-order valence-electron chi connectivity index (χ1n) is 12.7. The van der Waals surface area contributed by atoms with Crippen LogP contribution in [0.5, 0.6) is 0 Å². The van der Waals surface area contributed by atoms with Gasteiger partial charge in [0.15, 0.2) is 0 Å². The van der Waals surface area contributed by atoms with Crippen molar-refractivity contribution < 1.29 is 0 Å². The predicted octanol–water partition coefficient (Wildman–Crippen LogP) is 9.61. The molecule has 37 heavy (non-hydrogen) atoms. The summed E-state index contributed by atoms with van der Waals surface area (Å²) in [6.07, 6.45) is 4.06. The van der Waals surface area contributed by atoms with Gasteiger partial charge in [-0.15, -0.1) is 0 Å². The van der Waals surface area contributed by atoms with Crippen molar-refractivity contribution in [3.8, 4) is 16.8 Å². The van der Waals surface area contributed by atoms with E-state index in [4.69, 9.17) is 0 Å². The summed E-state index contributed by atoms with van der Waals surface area (Å²) < 4.78 is 4.73. The minimum Gasteiger partial charge on any atom is -0.310 e. The molecule has 5 aromatic carbocycles. The molecule has 2 nitrogen and oxygen atoms in total. The zero-order valence-electron chi connectivity index (χ0n) is 20.7. The Hall–Kier alpha value is -4.82. The molecule has 0 saturated heterocycles. The van der Waals surface area contributed by atoms with E-state index in [-0.39, 0.29) is 0 Å². The third-order valence-corrected chi connectivity index (χ3v) is 7.46. The maximum atomic E-state index is 4.09. The van der Waals surface area contributed by atoms with Crippen LogP contribution >= 0.6 is 0 Å². The second kappa shape index (κ2) is 8.39. The molecule has 176 valence electrons. The van der Waals surface area contributed by atoms with Crippen LogP contribution in [0.4, 0.5) is 0 Å². The van der Waals surface area contributed by atoms with E-state index in [2.05, 4.69) is 144 Å². The topological polar surface area (TPSA) is 9.86 Å². The van der Waals surface area contributed by atoms with Crippen LogP contribution in [0.25, 0.3) is 66.1 Å². The van der Waals surface area contributed by atoms with E-state index in [0.717, 1.165) is 11.4 Å². The number of benzene rings is 5. The summed E-state index contributed by atoms with van der Waals surface area (Å²) in [5.74, 6) is 0. The lowest BCUT2D eigenvalue weighted by atomic mass is 10.1. The molecule has 0 aliphatic carbocycles. The molecule has 0 atom stereocenters. The van der Waals surface area contributed by atoms with Gasteiger partial charge in [0.1, 0.15) is 0 Å². The van der Waals surface area contributed by atoms with Gasteiger partial charge < -0.3 is 9.13 Å². The second-order valence-electron chi connectivity index (χ2n) is 9.42. The molecule has 7 rings (SSSR count). The predicted molar refractivity (Wildman–Crippen MR) is 159 cm³/mol. The maximum absolute atomic E-state index is 4.09. The van der Waals surface area contributed by atoms with Crippen molar-refractivity contribution in [3.63, 3.8) is 0 Å². The number of para-hydroxylation sites is 2. The molecule has 0 bridgehead atoms. The van der Waals surface area contributed by atoms with Crippen LogP contribution < -0.4 is 0 Å².